The van der Waals surface area contributed by atoms with Gasteiger partial charge in [0.1, 0.15) is 11.6 Å². The zero-order chi connectivity index (χ0) is 23.9. The van der Waals surface area contributed by atoms with Crippen molar-refractivity contribution >= 4 is 45.0 Å². The lowest BCUT2D eigenvalue weighted by Crippen LogP contribution is -2.54. The predicted molar refractivity (Wildman–Crippen MR) is 127 cm³/mol. The van der Waals surface area contributed by atoms with Crippen LogP contribution in [0.2, 0.25) is 0 Å². The molecule has 3 amide bonds. The Kier molecular flexibility index (Phi) is 6.70. The van der Waals surface area contributed by atoms with Crippen molar-refractivity contribution in [2.45, 2.75) is 42.8 Å². The molecule has 3 unspecified atom stereocenters. The van der Waals surface area contributed by atoms with Crippen LogP contribution in [0.5, 0.6) is 0 Å². The lowest BCUT2D eigenvalue weighted by atomic mass is 9.70. The van der Waals surface area contributed by atoms with Gasteiger partial charge < -0.3 is 30.3 Å². The van der Waals surface area contributed by atoms with Gasteiger partial charge in [-0.25, -0.2) is 0 Å². The summed E-state index contributed by atoms with van der Waals surface area (Å²) in [6.45, 7) is 5.64. The first-order valence-corrected chi connectivity index (χ1v) is 12.3. The molecule has 3 fully saturated rings. The SMILES string of the molecule is CCN(CC)c1ccc(NC(=O)C2N(CCO)C(=O)[C@@H]3[C@H](C(=O)NC)[C@H]4OC23CC4Br)cc1. The number of likely N-dealkylation sites (tertiary alicyclic amines) is 1. The van der Waals surface area contributed by atoms with Crippen LogP contribution in [0.4, 0.5) is 11.4 Å². The molecule has 180 valence electrons. The number of aliphatic hydroxyl groups is 1. The number of nitrogens with zero attached hydrogens (tertiary/aromatic N) is 2. The molecule has 0 aromatic heterocycles. The molecule has 0 aliphatic carbocycles. The first kappa shape index (κ1) is 24.0. The fraction of sp³-hybridized carbons (Fsp3) is 0.609. The zero-order valence-corrected chi connectivity index (χ0v) is 20.7. The predicted octanol–water partition coefficient (Wildman–Crippen LogP) is 0.958. The van der Waals surface area contributed by atoms with E-state index in [1.54, 1.807) is 0 Å². The van der Waals surface area contributed by atoms with Crippen LogP contribution in [0.3, 0.4) is 0 Å². The van der Waals surface area contributed by atoms with E-state index >= 15 is 0 Å². The van der Waals surface area contributed by atoms with Crippen LogP contribution in [-0.2, 0) is 19.1 Å². The third-order valence-electron chi connectivity index (χ3n) is 7.19. The van der Waals surface area contributed by atoms with Gasteiger partial charge in [0, 0.05) is 42.9 Å². The molecule has 10 heteroatoms. The Labute approximate surface area is 201 Å². The fourth-order valence-electron chi connectivity index (χ4n) is 5.80. The smallest absolute Gasteiger partial charge is 0.250 e. The van der Waals surface area contributed by atoms with Gasteiger partial charge in [0.25, 0.3) is 0 Å². The molecule has 3 saturated heterocycles. The van der Waals surface area contributed by atoms with Crippen molar-refractivity contribution in [2.24, 2.45) is 11.8 Å². The van der Waals surface area contributed by atoms with E-state index in [9.17, 15) is 19.5 Å². The Morgan fingerprint density at radius 2 is 1.91 bits per heavy atom. The van der Waals surface area contributed by atoms with Crippen LogP contribution < -0.4 is 15.5 Å². The topological polar surface area (TPSA) is 111 Å². The highest BCUT2D eigenvalue weighted by Crippen LogP contribution is 2.59. The van der Waals surface area contributed by atoms with E-state index in [-0.39, 0.29) is 35.7 Å². The lowest BCUT2D eigenvalue weighted by Gasteiger charge is -2.33. The van der Waals surface area contributed by atoms with Crippen molar-refractivity contribution in [3.63, 3.8) is 0 Å². The van der Waals surface area contributed by atoms with Gasteiger partial charge in [-0.2, -0.15) is 0 Å². The molecule has 6 atom stereocenters. The van der Waals surface area contributed by atoms with Gasteiger partial charge in [0.05, 0.1) is 24.5 Å². The number of β-amino-alcohol motifs (C(OH)–C–C–N with tert-alkyl or cyclic N) is 1. The second-order valence-corrected chi connectivity index (χ2v) is 9.92. The van der Waals surface area contributed by atoms with Crippen LogP contribution in [-0.4, -0.2) is 83.6 Å². The van der Waals surface area contributed by atoms with E-state index in [1.807, 2.05) is 24.3 Å². The average molecular weight is 523 g/mol. The molecule has 4 rings (SSSR count). The molecule has 0 radical (unpaired) electrons. The van der Waals surface area contributed by atoms with Crippen LogP contribution in [0.15, 0.2) is 24.3 Å². The van der Waals surface area contributed by atoms with E-state index in [0.29, 0.717) is 12.1 Å². The molecule has 0 saturated carbocycles. The first-order chi connectivity index (χ1) is 15.8. The highest BCUT2D eigenvalue weighted by atomic mass is 79.9. The van der Waals surface area contributed by atoms with Gasteiger partial charge in [-0.3, -0.25) is 14.4 Å². The molecule has 1 aromatic rings. The number of carbonyl (C=O) groups is 3. The number of hydrogen-bond acceptors (Lipinski definition) is 6. The number of hydrogen-bond donors (Lipinski definition) is 3. The molecule has 9 nitrogen and oxygen atoms in total. The molecular formula is C23H31BrN4O5. The van der Waals surface area contributed by atoms with Crippen LogP contribution >= 0.6 is 15.9 Å². The Morgan fingerprint density at radius 1 is 1.24 bits per heavy atom. The summed E-state index contributed by atoms with van der Waals surface area (Å²) < 4.78 is 6.31. The monoisotopic (exact) mass is 522 g/mol. The third-order valence-corrected chi connectivity index (χ3v) is 8.04. The maximum absolute atomic E-state index is 13.6. The van der Waals surface area contributed by atoms with Gasteiger partial charge in [0.2, 0.25) is 17.7 Å². The number of halogens is 1. The van der Waals surface area contributed by atoms with Crippen LogP contribution in [0.1, 0.15) is 20.3 Å². The van der Waals surface area contributed by atoms with Gasteiger partial charge in [-0.05, 0) is 44.5 Å². The Bertz CT molecular complexity index is 924. The summed E-state index contributed by atoms with van der Waals surface area (Å²) in [6, 6.07) is 6.62. The second-order valence-electron chi connectivity index (χ2n) is 8.74. The number of aliphatic hydroxyl groups excluding tert-OH is 1. The van der Waals surface area contributed by atoms with Gasteiger partial charge in [-0.15, -0.1) is 0 Å². The van der Waals surface area contributed by atoms with Crippen molar-refractivity contribution < 1.29 is 24.2 Å². The summed E-state index contributed by atoms with van der Waals surface area (Å²) in [5.74, 6) is -2.43. The molecule has 1 aromatic carbocycles. The molecule has 3 aliphatic heterocycles. The number of ether oxygens (including phenoxy) is 1. The van der Waals surface area contributed by atoms with E-state index in [4.69, 9.17) is 4.74 Å². The summed E-state index contributed by atoms with van der Waals surface area (Å²) in [7, 11) is 1.53. The summed E-state index contributed by atoms with van der Waals surface area (Å²) in [6.07, 6.45) is -0.0542. The normalized spacial score (nSPS) is 32.1. The lowest BCUT2D eigenvalue weighted by molar-refractivity contribution is -0.141. The number of fused-ring (bicyclic) bond motifs is 1. The van der Waals surface area contributed by atoms with Gasteiger partial charge >= 0.3 is 0 Å². The van der Waals surface area contributed by atoms with Gasteiger partial charge in [0.15, 0.2) is 0 Å². The number of benzene rings is 1. The highest BCUT2D eigenvalue weighted by molar-refractivity contribution is 9.09. The quantitative estimate of drug-likeness (QED) is 0.438. The van der Waals surface area contributed by atoms with Crippen molar-refractivity contribution in [1.82, 2.24) is 10.2 Å². The van der Waals surface area contributed by atoms with E-state index in [1.165, 1.54) is 11.9 Å². The minimum atomic E-state index is -1.12. The molecular weight excluding hydrogens is 492 g/mol. The van der Waals surface area contributed by atoms with E-state index < -0.39 is 29.6 Å². The average Bonchev–Trinajstić information content (AvgIpc) is 3.39. The van der Waals surface area contributed by atoms with Crippen molar-refractivity contribution in [2.75, 3.05) is 43.5 Å². The molecule has 33 heavy (non-hydrogen) atoms. The van der Waals surface area contributed by atoms with Crippen molar-refractivity contribution in [3.8, 4) is 0 Å². The number of carbonyl (C=O) groups excluding carboxylic acids is 3. The number of amides is 3. The van der Waals surface area contributed by atoms with E-state index in [0.717, 1.165) is 18.8 Å². The second kappa shape index (κ2) is 9.23. The van der Waals surface area contributed by atoms with Crippen molar-refractivity contribution in [1.29, 1.82) is 0 Å². The van der Waals surface area contributed by atoms with Gasteiger partial charge in [-0.1, -0.05) is 15.9 Å². The Balaban J connectivity index is 1.63. The largest absolute Gasteiger partial charge is 0.395 e. The molecule has 3 N–H and O–H groups in total. The van der Waals surface area contributed by atoms with E-state index in [2.05, 4.69) is 45.3 Å². The number of rotatable bonds is 8. The van der Waals surface area contributed by atoms with Crippen molar-refractivity contribution in [3.05, 3.63) is 24.3 Å². The number of anilines is 2. The zero-order valence-electron chi connectivity index (χ0n) is 19.1. The standard InChI is InChI=1S/C23H31BrN4O5/c1-4-27(5-2)14-8-6-13(7-9-14)26-21(31)19-23-12-15(24)18(33-23)16(20(30)25-3)17(23)22(32)28(19)10-11-29/h6-9,15-19,29H,4-5,10-12H2,1-3H3,(H,25,30)(H,26,31)/t15?,16-,17-,18-,19?,23?/m0/s1. The van der Waals surface area contributed by atoms with Crippen LogP contribution in [0.25, 0.3) is 0 Å². The summed E-state index contributed by atoms with van der Waals surface area (Å²) in [5, 5.41) is 15.2. The summed E-state index contributed by atoms with van der Waals surface area (Å²) in [5.41, 5.74) is 0.550. The van der Waals surface area contributed by atoms with Crippen LogP contribution in [0, 0.1) is 11.8 Å². The molecule has 3 heterocycles. The minimum Gasteiger partial charge on any atom is -0.395 e. The summed E-state index contributed by atoms with van der Waals surface area (Å²) >= 11 is 3.60. The number of nitrogens with one attached hydrogen (secondary N) is 2. The Hall–Kier alpha value is -2.17. The summed E-state index contributed by atoms with van der Waals surface area (Å²) in [4.78, 5) is 43.1. The fourth-order valence-corrected chi connectivity index (χ4v) is 6.74. The molecule has 2 bridgehead atoms. The molecule has 1 spiro atoms. The number of alkyl halides is 1. The minimum absolute atomic E-state index is 0.00247. The third kappa shape index (κ3) is 3.72. The first-order valence-electron chi connectivity index (χ1n) is 11.4. The maximum Gasteiger partial charge on any atom is 0.250 e. The Morgan fingerprint density at radius 3 is 2.48 bits per heavy atom. The molecule has 3 aliphatic rings. The highest BCUT2D eigenvalue weighted by Gasteiger charge is 2.76. The maximum atomic E-state index is 13.6.